The minimum atomic E-state index is -0.457. The van der Waals surface area contributed by atoms with Gasteiger partial charge in [-0.15, -0.1) is 0 Å². The first-order valence-corrected chi connectivity index (χ1v) is 20.0. The van der Waals surface area contributed by atoms with E-state index in [1.807, 2.05) is 12.1 Å². The van der Waals surface area contributed by atoms with Crippen molar-refractivity contribution in [3.63, 3.8) is 0 Å². The highest BCUT2D eigenvalue weighted by atomic mass is 15.0. The van der Waals surface area contributed by atoms with Gasteiger partial charge < -0.3 is 0 Å². The van der Waals surface area contributed by atoms with Gasteiger partial charge >= 0.3 is 0 Å². The summed E-state index contributed by atoms with van der Waals surface area (Å²) in [5.74, 6) is 1.92. The Morgan fingerprint density at radius 2 is 0.672 bits per heavy atom. The minimum Gasteiger partial charge on any atom is -0.208 e. The van der Waals surface area contributed by atoms with Crippen molar-refractivity contribution in [2.24, 2.45) is 0 Å². The maximum atomic E-state index is 5.25. The number of aromatic nitrogens is 3. The van der Waals surface area contributed by atoms with E-state index in [9.17, 15) is 0 Å². The fraction of sp³-hybridized carbons (Fsp3) is 0.0727. The van der Waals surface area contributed by atoms with E-state index < -0.39 is 5.41 Å². The highest BCUT2D eigenvalue weighted by Crippen LogP contribution is 2.62. The van der Waals surface area contributed by atoms with E-state index in [4.69, 9.17) is 15.0 Å². The number of fused-ring (bicyclic) bond motifs is 9. The molecule has 0 fully saturated rings. The standard InChI is InChI=1S/C55H39N3/c1-54(2)47-24-11-13-26-49(47)55(50-27-14-12-25-48(50)54)45-23-10-9-22-43(45)44-35-42(32-33-46(44)55)53-57-51(39-30-28-38(29-31-39)36-16-5-3-6-17-36)56-52(58-53)41-21-15-20-40(34-41)37-18-7-4-8-19-37/h3-35H,1-2H3. The zero-order chi connectivity index (χ0) is 38.8. The Hall–Kier alpha value is -7.23. The lowest BCUT2D eigenvalue weighted by molar-refractivity contribution is 0.563. The predicted octanol–water partition coefficient (Wildman–Crippen LogP) is 13.2. The van der Waals surface area contributed by atoms with Gasteiger partial charge in [0.25, 0.3) is 0 Å². The molecule has 0 saturated heterocycles. The van der Waals surface area contributed by atoms with Crippen LogP contribution in [-0.2, 0) is 10.8 Å². The average molecular weight is 742 g/mol. The molecule has 0 aliphatic heterocycles. The van der Waals surface area contributed by atoms with Crippen LogP contribution in [0, 0.1) is 0 Å². The average Bonchev–Trinajstić information content (AvgIpc) is 3.59. The molecule has 0 radical (unpaired) electrons. The van der Waals surface area contributed by atoms with Crippen molar-refractivity contribution in [2.45, 2.75) is 24.7 Å². The molecule has 3 heteroatoms. The molecule has 0 unspecified atom stereocenters. The molecule has 11 rings (SSSR count). The number of nitrogens with zero attached hydrogens (tertiary/aromatic N) is 3. The SMILES string of the molecule is CC1(C)c2ccccc2C2(c3ccccc3-c3cc(-c4nc(-c5ccc(-c6ccccc6)cc5)nc(-c5cccc(-c6ccccc6)c5)n4)ccc32)c2ccccc21. The van der Waals surface area contributed by atoms with Gasteiger partial charge in [-0.05, 0) is 78.9 Å². The number of hydrogen-bond donors (Lipinski definition) is 0. The van der Waals surface area contributed by atoms with Crippen LogP contribution in [0.4, 0.5) is 0 Å². The smallest absolute Gasteiger partial charge is 0.164 e. The van der Waals surface area contributed by atoms with Crippen molar-refractivity contribution < 1.29 is 0 Å². The van der Waals surface area contributed by atoms with Gasteiger partial charge in [0.1, 0.15) is 0 Å². The Balaban J connectivity index is 1.11. The second-order valence-corrected chi connectivity index (χ2v) is 16.0. The summed E-state index contributed by atoms with van der Waals surface area (Å²) < 4.78 is 0. The van der Waals surface area contributed by atoms with E-state index in [2.05, 4.69) is 202 Å². The van der Waals surface area contributed by atoms with E-state index in [1.165, 1.54) is 50.1 Å². The third-order valence-electron chi connectivity index (χ3n) is 12.4. The summed E-state index contributed by atoms with van der Waals surface area (Å²) in [5.41, 5.74) is 17.3. The molecule has 9 aromatic rings. The molecule has 0 N–H and O–H groups in total. The first-order chi connectivity index (χ1) is 28.5. The summed E-state index contributed by atoms with van der Waals surface area (Å²) in [6, 6.07) is 71.9. The maximum absolute atomic E-state index is 5.25. The summed E-state index contributed by atoms with van der Waals surface area (Å²) in [6.45, 7) is 4.73. The Kier molecular flexibility index (Phi) is 7.74. The molecule has 1 heterocycles. The number of rotatable bonds is 5. The quantitative estimate of drug-likeness (QED) is 0.176. The summed E-state index contributed by atoms with van der Waals surface area (Å²) in [4.78, 5) is 15.6. The molecule has 8 aromatic carbocycles. The zero-order valence-electron chi connectivity index (χ0n) is 32.4. The third-order valence-corrected chi connectivity index (χ3v) is 12.4. The van der Waals surface area contributed by atoms with Crippen LogP contribution in [0.1, 0.15) is 47.2 Å². The molecular formula is C55H39N3. The van der Waals surface area contributed by atoms with E-state index in [1.54, 1.807) is 0 Å². The first-order valence-electron chi connectivity index (χ1n) is 20.0. The molecule has 2 aliphatic carbocycles. The minimum absolute atomic E-state index is 0.148. The molecular weight excluding hydrogens is 703 g/mol. The molecule has 3 nitrogen and oxygen atoms in total. The fourth-order valence-electron chi connectivity index (χ4n) is 9.68. The van der Waals surface area contributed by atoms with Crippen molar-refractivity contribution in [3.05, 3.63) is 234 Å². The van der Waals surface area contributed by atoms with Crippen molar-refractivity contribution in [1.29, 1.82) is 0 Å². The number of hydrogen-bond acceptors (Lipinski definition) is 3. The van der Waals surface area contributed by atoms with Crippen molar-refractivity contribution in [1.82, 2.24) is 15.0 Å². The Morgan fingerprint density at radius 1 is 0.276 bits per heavy atom. The van der Waals surface area contributed by atoms with Gasteiger partial charge in [-0.1, -0.05) is 202 Å². The largest absolute Gasteiger partial charge is 0.208 e. The van der Waals surface area contributed by atoms with Gasteiger partial charge in [0.2, 0.25) is 0 Å². The van der Waals surface area contributed by atoms with Gasteiger partial charge in [0, 0.05) is 22.1 Å². The van der Waals surface area contributed by atoms with Gasteiger partial charge in [0.15, 0.2) is 17.5 Å². The Morgan fingerprint density at radius 3 is 1.29 bits per heavy atom. The molecule has 0 bridgehead atoms. The van der Waals surface area contributed by atoms with Crippen molar-refractivity contribution in [3.8, 4) is 67.5 Å². The predicted molar refractivity (Wildman–Crippen MR) is 236 cm³/mol. The first kappa shape index (κ1) is 34.1. The Bertz CT molecular complexity index is 2970. The zero-order valence-corrected chi connectivity index (χ0v) is 32.4. The van der Waals surface area contributed by atoms with Crippen LogP contribution in [0.2, 0.25) is 0 Å². The summed E-state index contributed by atoms with van der Waals surface area (Å²) in [6.07, 6.45) is 0. The third kappa shape index (κ3) is 5.17. The molecule has 58 heavy (non-hydrogen) atoms. The molecule has 274 valence electrons. The Labute approximate surface area is 339 Å². The highest BCUT2D eigenvalue weighted by molar-refractivity contribution is 5.90. The van der Waals surface area contributed by atoms with Crippen LogP contribution in [0.3, 0.4) is 0 Å². The van der Waals surface area contributed by atoms with Crippen LogP contribution in [0.5, 0.6) is 0 Å². The molecule has 1 spiro atoms. The van der Waals surface area contributed by atoms with Crippen molar-refractivity contribution >= 4 is 0 Å². The lowest BCUT2D eigenvalue weighted by atomic mass is 9.55. The van der Waals surface area contributed by atoms with E-state index >= 15 is 0 Å². The molecule has 2 aliphatic rings. The summed E-state index contributed by atoms with van der Waals surface area (Å²) in [5, 5.41) is 0. The lowest BCUT2D eigenvalue weighted by Crippen LogP contribution is -2.40. The summed E-state index contributed by atoms with van der Waals surface area (Å²) in [7, 11) is 0. The van der Waals surface area contributed by atoms with Crippen LogP contribution >= 0.6 is 0 Å². The maximum Gasteiger partial charge on any atom is 0.164 e. The molecule has 0 atom stereocenters. The second-order valence-electron chi connectivity index (χ2n) is 16.0. The van der Waals surface area contributed by atoms with E-state index in [-0.39, 0.29) is 5.41 Å². The molecule has 1 aromatic heterocycles. The van der Waals surface area contributed by atoms with Crippen LogP contribution in [0.15, 0.2) is 200 Å². The fourth-order valence-corrected chi connectivity index (χ4v) is 9.68. The van der Waals surface area contributed by atoms with Crippen LogP contribution in [0.25, 0.3) is 67.5 Å². The second kappa shape index (κ2) is 13.2. The van der Waals surface area contributed by atoms with Gasteiger partial charge in [-0.3, -0.25) is 0 Å². The monoisotopic (exact) mass is 741 g/mol. The van der Waals surface area contributed by atoms with E-state index in [0.717, 1.165) is 33.4 Å². The molecule has 0 amide bonds. The van der Waals surface area contributed by atoms with Gasteiger partial charge in [-0.2, -0.15) is 0 Å². The number of benzene rings is 8. The summed E-state index contributed by atoms with van der Waals surface area (Å²) >= 11 is 0. The van der Waals surface area contributed by atoms with Gasteiger partial charge in [0.05, 0.1) is 5.41 Å². The van der Waals surface area contributed by atoms with Gasteiger partial charge in [-0.25, -0.2) is 15.0 Å². The highest BCUT2D eigenvalue weighted by Gasteiger charge is 2.53. The lowest BCUT2D eigenvalue weighted by Gasteiger charge is -2.46. The normalized spacial score (nSPS) is 14.0. The topological polar surface area (TPSA) is 38.7 Å². The van der Waals surface area contributed by atoms with E-state index in [0.29, 0.717) is 17.5 Å². The molecule has 0 saturated carbocycles. The van der Waals surface area contributed by atoms with Crippen LogP contribution in [-0.4, -0.2) is 15.0 Å². The van der Waals surface area contributed by atoms with Crippen molar-refractivity contribution in [2.75, 3.05) is 0 Å². The van der Waals surface area contributed by atoms with Crippen LogP contribution < -0.4 is 0 Å².